The lowest BCUT2D eigenvalue weighted by Crippen LogP contribution is -2.50. The van der Waals surface area contributed by atoms with E-state index in [1.54, 1.807) is 4.90 Å². The van der Waals surface area contributed by atoms with Gasteiger partial charge in [-0.3, -0.25) is 19.8 Å². The molecule has 7 nitrogen and oxygen atoms in total. The summed E-state index contributed by atoms with van der Waals surface area (Å²) in [5, 5.41) is 20.3. The van der Waals surface area contributed by atoms with Crippen molar-refractivity contribution in [3.8, 4) is 0 Å². The molecular formula is C15H21N3O4. The van der Waals surface area contributed by atoms with Gasteiger partial charge in [0.1, 0.15) is 0 Å². The van der Waals surface area contributed by atoms with E-state index in [4.69, 9.17) is 0 Å². The molecule has 1 aromatic carbocycles. The van der Waals surface area contributed by atoms with Gasteiger partial charge in [0.2, 0.25) is 0 Å². The summed E-state index contributed by atoms with van der Waals surface area (Å²) in [6, 6.07) is 5.68. The molecule has 22 heavy (non-hydrogen) atoms. The van der Waals surface area contributed by atoms with E-state index in [0.29, 0.717) is 25.2 Å². The molecule has 1 heterocycles. The molecule has 0 aromatic heterocycles. The maximum absolute atomic E-state index is 12.4. The van der Waals surface area contributed by atoms with E-state index in [0.717, 1.165) is 19.5 Å². The molecule has 1 N–H and O–H groups in total. The number of hydrogen-bond donors (Lipinski definition) is 1. The van der Waals surface area contributed by atoms with Gasteiger partial charge in [-0.15, -0.1) is 0 Å². The zero-order valence-corrected chi connectivity index (χ0v) is 12.6. The van der Waals surface area contributed by atoms with Crippen molar-refractivity contribution in [2.45, 2.75) is 19.4 Å². The van der Waals surface area contributed by atoms with E-state index in [2.05, 4.69) is 4.90 Å². The molecule has 0 aliphatic carbocycles. The number of amides is 1. The van der Waals surface area contributed by atoms with Gasteiger partial charge in [0.15, 0.2) is 0 Å². The lowest BCUT2D eigenvalue weighted by Gasteiger charge is -2.35. The van der Waals surface area contributed by atoms with Gasteiger partial charge < -0.3 is 10.0 Å². The van der Waals surface area contributed by atoms with Crippen molar-refractivity contribution in [1.29, 1.82) is 0 Å². The molecule has 0 unspecified atom stereocenters. The third-order valence-corrected chi connectivity index (χ3v) is 3.92. The fourth-order valence-electron chi connectivity index (χ4n) is 2.47. The van der Waals surface area contributed by atoms with Gasteiger partial charge in [-0.05, 0) is 18.6 Å². The minimum atomic E-state index is -0.480. The predicted octanol–water partition coefficient (Wildman–Crippen LogP) is 1.12. The quantitative estimate of drug-likeness (QED) is 0.651. The number of carbonyl (C=O) groups excluding carboxylic acids is 1. The summed E-state index contributed by atoms with van der Waals surface area (Å²) in [7, 11) is 0. The monoisotopic (exact) mass is 307 g/mol. The van der Waals surface area contributed by atoms with Crippen LogP contribution >= 0.6 is 0 Å². The number of carbonyl (C=O) groups is 1. The van der Waals surface area contributed by atoms with Gasteiger partial charge in [-0.2, -0.15) is 0 Å². The van der Waals surface area contributed by atoms with E-state index < -0.39 is 4.92 Å². The van der Waals surface area contributed by atoms with Crippen LogP contribution in [0.5, 0.6) is 0 Å². The largest absolute Gasteiger partial charge is 0.392 e. The van der Waals surface area contributed by atoms with Crippen LogP contribution in [0.3, 0.4) is 0 Å². The van der Waals surface area contributed by atoms with Gasteiger partial charge in [-0.25, -0.2) is 0 Å². The Balaban J connectivity index is 1.90. The number of hydrogen-bond acceptors (Lipinski definition) is 5. The molecule has 0 spiro atoms. The number of piperazine rings is 1. The van der Waals surface area contributed by atoms with Crippen LogP contribution in [0.25, 0.3) is 0 Å². The van der Waals surface area contributed by atoms with Crippen molar-refractivity contribution in [1.82, 2.24) is 9.80 Å². The number of aliphatic hydroxyl groups excluding tert-OH is 1. The molecular weight excluding hydrogens is 286 g/mol. The highest BCUT2D eigenvalue weighted by atomic mass is 16.6. The molecule has 7 heteroatoms. The zero-order chi connectivity index (χ0) is 16.1. The first-order valence-electron chi connectivity index (χ1n) is 7.45. The van der Waals surface area contributed by atoms with Crippen molar-refractivity contribution >= 4 is 11.6 Å². The lowest BCUT2D eigenvalue weighted by molar-refractivity contribution is -0.384. The summed E-state index contributed by atoms with van der Waals surface area (Å²) in [6.45, 7) is 5.25. The Hall–Kier alpha value is -1.99. The first-order chi connectivity index (χ1) is 10.5. The van der Waals surface area contributed by atoms with E-state index in [1.807, 2.05) is 6.92 Å². The maximum atomic E-state index is 12.4. The summed E-state index contributed by atoms with van der Waals surface area (Å²) < 4.78 is 0. The first-order valence-corrected chi connectivity index (χ1v) is 7.45. The second-order valence-electron chi connectivity index (χ2n) is 5.46. The number of benzene rings is 1. The van der Waals surface area contributed by atoms with Crippen LogP contribution in [0, 0.1) is 10.1 Å². The number of aliphatic hydroxyl groups is 1. The zero-order valence-electron chi connectivity index (χ0n) is 12.6. The standard InChI is InChI=1S/C15H21N3O4/c1-2-14(19)11-16-7-9-17(10-8-16)15(20)12-3-5-13(6-4-12)18(21)22/h3-6,14,19H,2,7-11H2,1H3/t14-/m1/s1. The Morgan fingerprint density at radius 2 is 1.86 bits per heavy atom. The Bertz CT molecular complexity index is 524. The highest BCUT2D eigenvalue weighted by molar-refractivity contribution is 5.94. The van der Waals surface area contributed by atoms with Gasteiger partial charge in [0.25, 0.3) is 11.6 Å². The van der Waals surface area contributed by atoms with Crippen LogP contribution in [0.1, 0.15) is 23.7 Å². The average Bonchev–Trinajstić information content (AvgIpc) is 2.55. The molecule has 0 saturated carbocycles. The number of nitro benzene ring substituents is 1. The molecule has 0 radical (unpaired) electrons. The summed E-state index contributed by atoms with van der Waals surface area (Å²) in [5.74, 6) is -0.106. The summed E-state index contributed by atoms with van der Waals surface area (Å²) >= 11 is 0. The highest BCUT2D eigenvalue weighted by Gasteiger charge is 2.23. The highest BCUT2D eigenvalue weighted by Crippen LogP contribution is 2.14. The van der Waals surface area contributed by atoms with Crippen molar-refractivity contribution < 1.29 is 14.8 Å². The smallest absolute Gasteiger partial charge is 0.269 e. The Morgan fingerprint density at radius 1 is 1.27 bits per heavy atom. The van der Waals surface area contributed by atoms with Crippen molar-refractivity contribution in [2.24, 2.45) is 0 Å². The molecule has 1 atom stereocenters. The number of nitrogens with zero attached hydrogens (tertiary/aromatic N) is 3. The van der Waals surface area contributed by atoms with E-state index in [-0.39, 0.29) is 17.7 Å². The van der Waals surface area contributed by atoms with Crippen LogP contribution in [-0.2, 0) is 0 Å². The Kier molecular flexibility index (Phi) is 5.46. The predicted molar refractivity (Wildman–Crippen MR) is 81.7 cm³/mol. The second kappa shape index (κ2) is 7.33. The lowest BCUT2D eigenvalue weighted by atomic mass is 10.1. The maximum Gasteiger partial charge on any atom is 0.269 e. The van der Waals surface area contributed by atoms with Gasteiger partial charge in [0, 0.05) is 50.4 Å². The fraction of sp³-hybridized carbons (Fsp3) is 0.533. The Labute approximate surface area is 129 Å². The topological polar surface area (TPSA) is 86.9 Å². The molecule has 1 aromatic rings. The van der Waals surface area contributed by atoms with Crippen LogP contribution in [-0.4, -0.2) is 64.6 Å². The van der Waals surface area contributed by atoms with Gasteiger partial charge >= 0.3 is 0 Å². The third kappa shape index (κ3) is 4.02. The molecule has 1 aliphatic rings. The van der Waals surface area contributed by atoms with Crippen molar-refractivity contribution in [3.05, 3.63) is 39.9 Å². The molecule has 1 saturated heterocycles. The van der Waals surface area contributed by atoms with Crippen molar-refractivity contribution in [2.75, 3.05) is 32.7 Å². The van der Waals surface area contributed by atoms with E-state index in [9.17, 15) is 20.0 Å². The minimum absolute atomic E-state index is 0.0186. The molecule has 1 fully saturated rings. The van der Waals surface area contributed by atoms with Gasteiger partial charge in [-0.1, -0.05) is 6.92 Å². The number of β-amino-alcohol motifs (C(OH)–C–C–N with tert-alkyl or cyclic N) is 1. The average molecular weight is 307 g/mol. The summed E-state index contributed by atoms with van der Waals surface area (Å²) in [5.41, 5.74) is 0.447. The molecule has 2 rings (SSSR count). The van der Waals surface area contributed by atoms with E-state index >= 15 is 0 Å². The fourth-order valence-corrected chi connectivity index (χ4v) is 2.47. The van der Waals surface area contributed by atoms with Crippen LogP contribution < -0.4 is 0 Å². The van der Waals surface area contributed by atoms with Crippen molar-refractivity contribution in [3.63, 3.8) is 0 Å². The normalized spacial score (nSPS) is 17.3. The molecule has 0 bridgehead atoms. The number of nitro groups is 1. The SMILES string of the molecule is CC[C@@H](O)CN1CCN(C(=O)c2ccc([N+](=O)[O-])cc2)CC1. The summed E-state index contributed by atoms with van der Waals surface area (Å²) in [4.78, 5) is 26.4. The first kappa shape index (κ1) is 16.4. The minimum Gasteiger partial charge on any atom is -0.392 e. The van der Waals surface area contributed by atoms with E-state index in [1.165, 1.54) is 24.3 Å². The molecule has 1 amide bonds. The molecule has 1 aliphatic heterocycles. The number of rotatable bonds is 5. The van der Waals surface area contributed by atoms with Crippen LogP contribution in [0.15, 0.2) is 24.3 Å². The second-order valence-corrected chi connectivity index (χ2v) is 5.46. The van der Waals surface area contributed by atoms with Crippen LogP contribution in [0.2, 0.25) is 0 Å². The Morgan fingerprint density at radius 3 is 2.36 bits per heavy atom. The number of non-ortho nitro benzene ring substituents is 1. The molecule has 120 valence electrons. The van der Waals surface area contributed by atoms with Crippen LogP contribution in [0.4, 0.5) is 5.69 Å². The third-order valence-electron chi connectivity index (χ3n) is 3.92. The summed E-state index contributed by atoms with van der Waals surface area (Å²) in [6.07, 6.45) is 0.402. The van der Waals surface area contributed by atoms with Gasteiger partial charge in [0.05, 0.1) is 11.0 Å².